The van der Waals surface area contributed by atoms with Gasteiger partial charge in [-0.05, 0) is 32.0 Å². The van der Waals surface area contributed by atoms with Crippen LogP contribution in [-0.4, -0.2) is 47.1 Å². The van der Waals surface area contributed by atoms with Crippen molar-refractivity contribution in [1.29, 1.82) is 0 Å². The van der Waals surface area contributed by atoms with Crippen LogP contribution in [0.3, 0.4) is 0 Å². The average Bonchev–Trinajstić information content (AvgIpc) is 2.81. The maximum atomic E-state index is 4.40. The van der Waals surface area contributed by atoms with Crippen LogP contribution in [0.1, 0.15) is 25.8 Å². The lowest BCUT2D eigenvalue weighted by atomic mass is 10.2. The molecule has 1 unspecified atom stereocenters. The lowest BCUT2D eigenvalue weighted by Gasteiger charge is -2.26. The highest BCUT2D eigenvalue weighted by atomic mass is 15.3. The molecule has 4 nitrogen and oxygen atoms in total. The van der Waals surface area contributed by atoms with Gasteiger partial charge in [-0.15, -0.1) is 0 Å². The molecule has 1 aliphatic rings. The largest absolute Gasteiger partial charge is 0.339 e. The number of aromatic nitrogens is 2. The minimum Gasteiger partial charge on any atom is -0.339 e. The van der Waals surface area contributed by atoms with Crippen LogP contribution in [-0.2, 0) is 0 Å². The van der Waals surface area contributed by atoms with E-state index in [-0.39, 0.29) is 0 Å². The molecule has 0 saturated carbocycles. The van der Waals surface area contributed by atoms with Crippen LogP contribution in [0, 0.1) is 6.92 Å². The van der Waals surface area contributed by atoms with Crippen molar-refractivity contribution >= 4 is 5.95 Å². The number of nitrogens with zero attached hydrogens (tertiary/aromatic N) is 4. The normalized spacial score (nSPS) is 20.2. The fraction of sp³-hybridized carbons (Fsp3) is 0.692. The van der Waals surface area contributed by atoms with Crippen LogP contribution < -0.4 is 4.90 Å². The average molecular weight is 234 g/mol. The Morgan fingerprint density at radius 2 is 1.94 bits per heavy atom. The first-order chi connectivity index (χ1) is 8.24. The highest BCUT2D eigenvalue weighted by Crippen LogP contribution is 2.19. The lowest BCUT2D eigenvalue weighted by molar-refractivity contribution is 0.232. The van der Waals surface area contributed by atoms with Gasteiger partial charge in [0.25, 0.3) is 0 Å². The van der Waals surface area contributed by atoms with Crippen molar-refractivity contribution in [2.75, 3.05) is 31.1 Å². The zero-order valence-electron chi connectivity index (χ0n) is 11.1. The van der Waals surface area contributed by atoms with Gasteiger partial charge in [0.05, 0.1) is 0 Å². The second-order valence-electron chi connectivity index (χ2n) is 4.67. The minimum absolute atomic E-state index is 0.662. The lowest BCUT2D eigenvalue weighted by Crippen LogP contribution is -2.37. The Bertz CT molecular complexity index is 345. The molecule has 1 atom stereocenters. The standard InChI is InChI=1S/C13H22N4/c1-4-16(5-2)12-6-7-17(10-12)13-14-8-11(3)9-15-13/h8-9,12H,4-7,10H2,1-3H3. The maximum Gasteiger partial charge on any atom is 0.225 e. The first-order valence-electron chi connectivity index (χ1n) is 6.52. The van der Waals surface area contributed by atoms with Crippen LogP contribution in [0.4, 0.5) is 5.95 Å². The van der Waals surface area contributed by atoms with E-state index >= 15 is 0 Å². The summed E-state index contributed by atoms with van der Waals surface area (Å²) in [5.41, 5.74) is 1.12. The molecule has 1 aromatic heterocycles. The summed E-state index contributed by atoms with van der Waals surface area (Å²) in [7, 11) is 0. The fourth-order valence-corrected chi connectivity index (χ4v) is 2.51. The molecule has 94 valence electrons. The summed E-state index contributed by atoms with van der Waals surface area (Å²) in [5.74, 6) is 0.880. The van der Waals surface area contributed by atoms with E-state index in [1.165, 1.54) is 6.42 Å². The van der Waals surface area contributed by atoms with Crippen LogP contribution in [0.2, 0.25) is 0 Å². The molecule has 4 heteroatoms. The molecule has 1 aliphatic heterocycles. The van der Waals surface area contributed by atoms with Gasteiger partial charge in [-0.2, -0.15) is 0 Å². The van der Waals surface area contributed by atoms with Gasteiger partial charge in [-0.1, -0.05) is 13.8 Å². The van der Waals surface area contributed by atoms with Crippen molar-refractivity contribution in [3.05, 3.63) is 18.0 Å². The van der Waals surface area contributed by atoms with Crippen molar-refractivity contribution in [3.8, 4) is 0 Å². The molecular weight excluding hydrogens is 212 g/mol. The van der Waals surface area contributed by atoms with Crippen molar-refractivity contribution in [1.82, 2.24) is 14.9 Å². The predicted molar refractivity (Wildman–Crippen MR) is 70.3 cm³/mol. The third-order valence-corrected chi connectivity index (χ3v) is 3.54. The molecule has 1 saturated heterocycles. The Labute approximate surface area is 104 Å². The number of hydrogen-bond donors (Lipinski definition) is 0. The van der Waals surface area contributed by atoms with E-state index in [1.54, 1.807) is 0 Å². The first-order valence-corrected chi connectivity index (χ1v) is 6.52. The summed E-state index contributed by atoms with van der Waals surface area (Å²) in [6, 6.07) is 0.662. The second kappa shape index (κ2) is 5.45. The van der Waals surface area contributed by atoms with Gasteiger partial charge in [0.15, 0.2) is 0 Å². The molecule has 0 spiro atoms. The fourth-order valence-electron chi connectivity index (χ4n) is 2.51. The predicted octanol–water partition coefficient (Wildman–Crippen LogP) is 1.71. The van der Waals surface area contributed by atoms with Gasteiger partial charge >= 0.3 is 0 Å². The van der Waals surface area contributed by atoms with E-state index < -0.39 is 0 Å². The van der Waals surface area contributed by atoms with Gasteiger partial charge in [-0.3, -0.25) is 4.90 Å². The quantitative estimate of drug-likeness (QED) is 0.794. The summed E-state index contributed by atoms with van der Waals surface area (Å²) in [6.07, 6.45) is 5.01. The Kier molecular flexibility index (Phi) is 3.94. The summed E-state index contributed by atoms with van der Waals surface area (Å²) in [5, 5.41) is 0. The monoisotopic (exact) mass is 234 g/mol. The van der Waals surface area contributed by atoms with Crippen LogP contribution in [0.5, 0.6) is 0 Å². The number of hydrogen-bond acceptors (Lipinski definition) is 4. The highest BCUT2D eigenvalue weighted by Gasteiger charge is 2.27. The molecule has 2 heterocycles. The van der Waals surface area contributed by atoms with Crippen molar-refractivity contribution in [3.63, 3.8) is 0 Å². The zero-order chi connectivity index (χ0) is 12.3. The molecule has 1 fully saturated rings. The topological polar surface area (TPSA) is 32.3 Å². The maximum absolute atomic E-state index is 4.40. The first kappa shape index (κ1) is 12.3. The Morgan fingerprint density at radius 3 is 2.53 bits per heavy atom. The van der Waals surface area contributed by atoms with Crippen molar-refractivity contribution in [2.24, 2.45) is 0 Å². The van der Waals surface area contributed by atoms with Crippen LogP contribution in [0.15, 0.2) is 12.4 Å². The van der Waals surface area contributed by atoms with Crippen molar-refractivity contribution in [2.45, 2.75) is 33.2 Å². The van der Waals surface area contributed by atoms with Gasteiger partial charge < -0.3 is 4.90 Å². The highest BCUT2D eigenvalue weighted by molar-refractivity contribution is 5.32. The van der Waals surface area contributed by atoms with E-state index in [0.29, 0.717) is 6.04 Å². The third-order valence-electron chi connectivity index (χ3n) is 3.54. The Morgan fingerprint density at radius 1 is 1.29 bits per heavy atom. The molecule has 0 bridgehead atoms. The van der Waals surface area contributed by atoms with Gasteiger partial charge in [0.2, 0.25) is 5.95 Å². The summed E-state index contributed by atoms with van der Waals surface area (Å²) in [4.78, 5) is 13.6. The summed E-state index contributed by atoms with van der Waals surface area (Å²) < 4.78 is 0. The molecule has 0 radical (unpaired) electrons. The second-order valence-corrected chi connectivity index (χ2v) is 4.67. The number of aryl methyl sites for hydroxylation is 1. The van der Waals surface area contributed by atoms with Gasteiger partial charge in [-0.25, -0.2) is 9.97 Å². The van der Waals surface area contributed by atoms with E-state index in [1.807, 2.05) is 19.3 Å². The molecule has 1 aromatic rings. The molecule has 0 aliphatic carbocycles. The summed E-state index contributed by atoms with van der Waals surface area (Å²) >= 11 is 0. The number of likely N-dealkylation sites (N-methyl/N-ethyl adjacent to an activating group) is 1. The van der Waals surface area contributed by atoms with E-state index in [9.17, 15) is 0 Å². The van der Waals surface area contributed by atoms with E-state index in [4.69, 9.17) is 0 Å². The van der Waals surface area contributed by atoms with Gasteiger partial charge in [0.1, 0.15) is 0 Å². The number of rotatable bonds is 4. The van der Waals surface area contributed by atoms with Gasteiger partial charge in [0, 0.05) is 31.5 Å². The van der Waals surface area contributed by atoms with Crippen LogP contribution in [0.25, 0.3) is 0 Å². The molecule has 2 rings (SSSR count). The van der Waals surface area contributed by atoms with Crippen LogP contribution >= 0.6 is 0 Å². The Hall–Kier alpha value is -1.16. The molecule has 17 heavy (non-hydrogen) atoms. The minimum atomic E-state index is 0.662. The molecule has 0 aromatic carbocycles. The van der Waals surface area contributed by atoms with E-state index in [2.05, 4.69) is 33.6 Å². The molecule has 0 amide bonds. The Balaban J connectivity index is 2.00. The molecule has 0 N–H and O–H groups in total. The summed E-state index contributed by atoms with van der Waals surface area (Å²) in [6.45, 7) is 10.9. The SMILES string of the molecule is CCN(CC)C1CCN(c2ncc(C)cn2)C1. The smallest absolute Gasteiger partial charge is 0.225 e. The molecular formula is C13H22N4. The van der Waals surface area contributed by atoms with Crippen molar-refractivity contribution < 1.29 is 0 Å². The zero-order valence-corrected chi connectivity index (χ0v) is 11.1. The number of anilines is 1. The third kappa shape index (κ3) is 2.75. The van der Waals surface area contributed by atoms with E-state index in [0.717, 1.165) is 37.7 Å².